The first-order valence-electron chi connectivity index (χ1n) is 10.4. The monoisotopic (exact) mass is 468 g/mol. The number of aromatic nitrogens is 1. The maximum atomic E-state index is 15.2. The molecule has 1 atom stereocenters. The number of pyridine rings is 1. The van der Waals surface area contributed by atoms with E-state index in [1.165, 1.54) is 12.3 Å². The summed E-state index contributed by atoms with van der Waals surface area (Å²) in [5.41, 5.74) is 1.05. The minimum Gasteiger partial charge on any atom is -0.503 e. The molecule has 1 spiro atoms. The summed E-state index contributed by atoms with van der Waals surface area (Å²) in [5.74, 6) is -0.753. The van der Waals surface area contributed by atoms with Crippen LogP contribution in [-0.2, 0) is 5.75 Å². The van der Waals surface area contributed by atoms with E-state index in [1.807, 2.05) is 35.3 Å². The molecule has 162 valence electrons. The Balaban J connectivity index is 1.65. The average Bonchev–Trinajstić information content (AvgIpc) is 3.58. The Bertz CT molecular complexity index is 1370. The molecule has 1 aromatic heterocycles. The summed E-state index contributed by atoms with van der Waals surface area (Å²) in [5, 5.41) is 12.6. The van der Waals surface area contributed by atoms with Gasteiger partial charge in [-0.3, -0.25) is 19.3 Å². The van der Waals surface area contributed by atoms with Gasteiger partial charge < -0.3 is 5.11 Å². The molecular formula is C24H18ClFN2O3S. The summed E-state index contributed by atoms with van der Waals surface area (Å²) in [4.78, 5) is 26.4. The first-order valence-corrected chi connectivity index (χ1v) is 11.7. The molecule has 5 nitrogen and oxygen atoms in total. The third-order valence-electron chi connectivity index (χ3n) is 6.76. The normalized spacial score (nSPS) is 20.4. The van der Waals surface area contributed by atoms with Crippen LogP contribution >= 0.6 is 23.4 Å². The van der Waals surface area contributed by atoms with Gasteiger partial charge in [-0.2, -0.15) is 0 Å². The van der Waals surface area contributed by atoms with E-state index in [9.17, 15) is 14.7 Å². The molecule has 1 N–H and O–H groups in total. The van der Waals surface area contributed by atoms with Gasteiger partial charge in [-0.25, -0.2) is 4.39 Å². The van der Waals surface area contributed by atoms with Gasteiger partial charge in [-0.05, 0) is 36.1 Å². The second kappa shape index (κ2) is 6.86. The fraction of sp³-hybridized carbons (Fsp3) is 0.250. The lowest BCUT2D eigenvalue weighted by molar-refractivity contribution is 0.0856. The first kappa shape index (κ1) is 19.9. The van der Waals surface area contributed by atoms with Crippen LogP contribution in [0.3, 0.4) is 0 Å². The van der Waals surface area contributed by atoms with Gasteiger partial charge in [0.15, 0.2) is 17.2 Å². The Morgan fingerprint density at radius 1 is 1.09 bits per heavy atom. The van der Waals surface area contributed by atoms with E-state index in [4.69, 9.17) is 11.6 Å². The molecule has 0 amide bonds. The highest BCUT2D eigenvalue weighted by Crippen LogP contribution is 2.54. The van der Waals surface area contributed by atoms with Crippen LogP contribution in [-0.4, -0.2) is 22.1 Å². The smallest absolute Gasteiger partial charge is 0.224 e. The maximum absolute atomic E-state index is 15.2. The summed E-state index contributed by atoms with van der Waals surface area (Å²) in [6.07, 6.45) is 2.91. The number of carbonyl (C=O) groups excluding carboxylic acids is 1. The van der Waals surface area contributed by atoms with Crippen molar-refractivity contribution in [1.29, 1.82) is 0 Å². The molecule has 3 aromatic rings. The van der Waals surface area contributed by atoms with Crippen molar-refractivity contribution in [2.24, 2.45) is 5.41 Å². The van der Waals surface area contributed by atoms with E-state index in [1.54, 1.807) is 22.5 Å². The van der Waals surface area contributed by atoms with Crippen molar-refractivity contribution in [3.8, 4) is 5.75 Å². The first-order chi connectivity index (χ1) is 15.4. The number of ketones is 1. The number of fused-ring (bicyclic) bond motifs is 3. The Morgan fingerprint density at radius 2 is 1.88 bits per heavy atom. The lowest BCUT2D eigenvalue weighted by Crippen LogP contribution is -2.51. The summed E-state index contributed by atoms with van der Waals surface area (Å²) < 4.78 is 16.7. The van der Waals surface area contributed by atoms with Crippen LogP contribution < -0.4 is 10.4 Å². The molecule has 1 aliphatic carbocycles. The molecule has 0 bridgehead atoms. The van der Waals surface area contributed by atoms with Gasteiger partial charge in [-0.15, -0.1) is 11.8 Å². The van der Waals surface area contributed by atoms with Crippen molar-refractivity contribution in [2.45, 2.75) is 29.5 Å². The van der Waals surface area contributed by atoms with Crippen LogP contribution in [0.2, 0.25) is 5.02 Å². The van der Waals surface area contributed by atoms with Gasteiger partial charge in [0.25, 0.3) is 0 Å². The number of benzene rings is 2. The molecule has 3 heterocycles. The number of thioether (sulfide) groups is 1. The zero-order valence-electron chi connectivity index (χ0n) is 16.8. The van der Waals surface area contributed by atoms with E-state index >= 15 is 4.39 Å². The number of hydrogen-bond donors (Lipinski definition) is 1. The number of halogens is 2. The molecule has 3 aliphatic rings. The average molecular weight is 469 g/mol. The Kier molecular flexibility index (Phi) is 4.26. The molecule has 8 heteroatoms. The number of hydrogen-bond acceptors (Lipinski definition) is 5. The SMILES string of the molecule is O=C1c2c(O)c(=O)ccn2N(C2c3ccccc3SCc3c2ccc(Cl)c3F)CC12CC2. The van der Waals surface area contributed by atoms with E-state index in [0.717, 1.165) is 16.0 Å². The molecule has 6 rings (SSSR count). The summed E-state index contributed by atoms with van der Waals surface area (Å²) in [6.45, 7) is 0.411. The lowest BCUT2D eigenvalue weighted by Gasteiger charge is -2.43. The van der Waals surface area contributed by atoms with Gasteiger partial charge in [0.1, 0.15) is 5.82 Å². The third kappa shape index (κ3) is 2.70. The Hall–Kier alpha value is -2.77. The molecular weight excluding hydrogens is 451 g/mol. The van der Waals surface area contributed by atoms with Gasteiger partial charge >= 0.3 is 0 Å². The van der Waals surface area contributed by atoms with Gasteiger partial charge in [0.2, 0.25) is 5.43 Å². The number of aromatic hydroxyl groups is 1. The molecule has 1 saturated carbocycles. The highest BCUT2D eigenvalue weighted by atomic mass is 35.5. The lowest BCUT2D eigenvalue weighted by atomic mass is 9.90. The Morgan fingerprint density at radius 3 is 2.66 bits per heavy atom. The predicted molar refractivity (Wildman–Crippen MR) is 121 cm³/mol. The van der Waals surface area contributed by atoms with Crippen LogP contribution in [0.25, 0.3) is 0 Å². The molecule has 1 unspecified atom stereocenters. The molecule has 2 aliphatic heterocycles. The fourth-order valence-electron chi connectivity index (χ4n) is 4.89. The second-order valence-corrected chi connectivity index (χ2v) is 10.0. The number of nitrogens with zero attached hydrogens (tertiary/aromatic N) is 2. The van der Waals surface area contributed by atoms with Crippen molar-refractivity contribution in [3.63, 3.8) is 0 Å². The van der Waals surface area contributed by atoms with Crippen molar-refractivity contribution in [3.05, 3.63) is 92.1 Å². The van der Waals surface area contributed by atoms with Crippen molar-refractivity contribution >= 4 is 29.1 Å². The largest absolute Gasteiger partial charge is 0.503 e. The topological polar surface area (TPSA) is 62.5 Å². The van der Waals surface area contributed by atoms with Gasteiger partial charge in [0.05, 0.1) is 16.5 Å². The van der Waals surface area contributed by atoms with Gasteiger partial charge in [-0.1, -0.05) is 35.9 Å². The van der Waals surface area contributed by atoms with Crippen molar-refractivity contribution in [1.82, 2.24) is 4.68 Å². The Labute approximate surface area is 192 Å². The van der Waals surface area contributed by atoms with Crippen LogP contribution in [0.4, 0.5) is 4.39 Å². The van der Waals surface area contributed by atoms with E-state index < -0.39 is 28.5 Å². The zero-order valence-corrected chi connectivity index (χ0v) is 18.4. The van der Waals surface area contributed by atoms with Crippen molar-refractivity contribution in [2.75, 3.05) is 11.6 Å². The zero-order chi connectivity index (χ0) is 22.2. The molecule has 2 aromatic carbocycles. The number of carbonyl (C=O) groups is 1. The third-order valence-corrected chi connectivity index (χ3v) is 8.16. The maximum Gasteiger partial charge on any atom is 0.224 e. The summed E-state index contributed by atoms with van der Waals surface area (Å²) in [6, 6.07) is 12.1. The molecule has 32 heavy (non-hydrogen) atoms. The van der Waals surface area contributed by atoms with E-state index in [2.05, 4.69) is 0 Å². The van der Waals surface area contributed by atoms with Crippen LogP contribution in [0.1, 0.15) is 46.1 Å². The second-order valence-electron chi connectivity index (χ2n) is 8.59. The standard InChI is InChI=1S/C24H18ClFN2O3S/c25-16-6-5-13-15(19(16)26)11-32-18-4-2-1-3-14(18)20(13)28-12-24(8-9-24)23(31)21-22(30)17(29)7-10-27(21)28/h1-7,10,20,30H,8-9,11-12H2. The summed E-state index contributed by atoms with van der Waals surface area (Å²) >= 11 is 7.67. The highest BCUT2D eigenvalue weighted by Gasteiger charge is 2.56. The van der Waals surface area contributed by atoms with Crippen LogP contribution in [0.15, 0.2) is 58.4 Å². The molecule has 1 fully saturated rings. The highest BCUT2D eigenvalue weighted by molar-refractivity contribution is 7.98. The van der Waals surface area contributed by atoms with E-state index in [-0.39, 0.29) is 16.5 Å². The molecule has 0 saturated heterocycles. The van der Waals surface area contributed by atoms with Gasteiger partial charge in [0, 0.05) is 35.0 Å². The quantitative estimate of drug-likeness (QED) is 0.563. The minimum atomic E-state index is -0.634. The number of rotatable bonds is 1. The van der Waals surface area contributed by atoms with Crippen LogP contribution in [0.5, 0.6) is 5.75 Å². The van der Waals surface area contributed by atoms with E-state index in [0.29, 0.717) is 30.7 Å². The van der Waals surface area contributed by atoms with Crippen LogP contribution in [0, 0.1) is 11.2 Å². The fourth-order valence-corrected chi connectivity index (χ4v) is 6.18. The predicted octanol–water partition coefficient (Wildman–Crippen LogP) is 4.66. The number of Topliss-reactive ketones (excluding diaryl/α,β-unsaturated/α-hetero) is 1. The van der Waals surface area contributed by atoms with Crippen molar-refractivity contribution < 1.29 is 14.3 Å². The summed E-state index contributed by atoms with van der Waals surface area (Å²) in [7, 11) is 0. The molecule has 0 radical (unpaired) electrons. The minimum absolute atomic E-state index is 0.00613.